The fourth-order valence-electron chi connectivity index (χ4n) is 0.522. The Morgan fingerprint density at radius 2 is 1.82 bits per heavy atom. The third-order valence-electron chi connectivity index (χ3n) is 1.06. The van der Waals surface area contributed by atoms with Crippen LogP contribution in [-0.4, -0.2) is 22.1 Å². The van der Waals surface area contributed by atoms with Gasteiger partial charge in [-0.15, -0.1) is 6.58 Å². The quantitative estimate of drug-likeness (QED) is 0.342. The van der Waals surface area contributed by atoms with Gasteiger partial charge in [0.1, 0.15) is 7.85 Å². The van der Waals surface area contributed by atoms with Gasteiger partial charge in [0.15, 0.2) is 11.5 Å². The van der Waals surface area contributed by atoms with Crippen molar-refractivity contribution < 1.29 is 9.47 Å². The Kier molecular flexibility index (Phi) is 4.19. The van der Waals surface area contributed by atoms with E-state index < -0.39 is 0 Å². The Labute approximate surface area is 68.6 Å². The molecule has 0 aromatic rings. The molecule has 2 nitrogen and oxygen atoms in total. The first-order valence-electron chi connectivity index (χ1n) is 3.05. The van der Waals surface area contributed by atoms with Gasteiger partial charge in [0.2, 0.25) is 0 Å². The SMILES string of the molecule is [B]C(=C)/C=C(/OC)C(=C)OC. The Bertz CT molecular complexity index is 194. The molecule has 3 heteroatoms. The lowest BCUT2D eigenvalue weighted by molar-refractivity contribution is 0.221. The molecule has 0 atom stereocenters. The van der Waals surface area contributed by atoms with E-state index in [2.05, 4.69) is 13.2 Å². The average molecular weight is 150 g/mol. The number of allylic oxidation sites excluding steroid dienone is 2. The van der Waals surface area contributed by atoms with Crippen LogP contribution in [0.15, 0.2) is 36.2 Å². The third kappa shape index (κ3) is 3.55. The molecule has 0 amide bonds. The summed E-state index contributed by atoms with van der Waals surface area (Å²) < 4.78 is 9.73. The minimum atomic E-state index is 0.403. The van der Waals surface area contributed by atoms with Crippen LogP contribution in [0.1, 0.15) is 0 Å². The predicted molar refractivity (Wildman–Crippen MR) is 46.1 cm³/mol. The van der Waals surface area contributed by atoms with Crippen LogP contribution in [0, 0.1) is 0 Å². The van der Waals surface area contributed by atoms with E-state index in [1.165, 1.54) is 14.2 Å². The highest BCUT2D eigenvalue weighted by Crippen LogP contribution is 2.09. The second kappa shape index (κ2) is 4.66. The molecule has 0 N–H and O–H groups in total. The third-order valence-corrected chi connectivity index (χ3v) is 1.06. The Morgan fingerprint density at radius 1 is 1.27 bits per heavy atom. The molecule has 0 saturated carbocycles. The molecule has 0 aliphatic heterocycles. The zero-order valence-corrected chi connectivity index (χ0v) is 6.89. The van der Waals surface area contributed by atoms with Crippen molar-refractivity contribution in [2.75, 3.05) is 14.2 Å². The molecule has 0 aromatic heterocycles. The van der Waals surface area contributed by atoms with Crippen molar-refractivity contribution in [3.05, 3.63) is 36.2 Å². The molecule has 0 spiro atoms. The Hall–Kier alpha value is -1.12. The molecule has 0 fully saturated rings. The summed E-state index contributed by atoms with van der Waals surface area (Å²) in [6, 6.07) is 0. The Morgan fingerprint density at radius 3 is 2.09 bits per heavy atom. The van der Waals surface area contributed by atoms with E-state index in [0.29, 0.717) is 17.0 Å². The second-order valence-corrected chi connectivity index (χ2v) is 1.91. The van der Waals surface area contributed by atoms with Crippen LogP contribution in [-0.2, 0) is 9.47 Å². The van der Waals surface area contributed by atoms with Crippen molar-refractivity contribution in [2.24, 2.45) is 0 Å². The van der Waals surface area contributed by atoms with E-state index in [0.717, 1.165) is 0 Å². The van der Waals surface area contributed by atoms with E-state index in [1.807, 2.05) is 0 Å². The van der Waals surface area contributed by atoms with Gasteiger partial charge in [-0.05, 0) is 6.08 Å². The summed E-state index contributed by atoms with van der Waals surface area (Å²) in [5.74, 6) is 0.916. The minimum absolute atomic E-state index is 0.403. The maximum atomic E-state index is 5.31. The lowest BCUT2D eigenvalue weighted by atomic mass is 9.97. The van der Waals surface area contributed by atoms with Crippen molar-refractivity contribution in [3.8, 4) is 0 Å². The maximum absolute atomic E-state index is 5.31. The summed E-state index contributed by atoms with van der Waals surface area (Å²) in [5.41, 5.74) is 0.403. The highest BCUT2D eigenvalue weighted by Gasteiger charge is 2.00. The van der Waals surface area contributed by atoms with Crippen LogP contribution in [0.5, 0.6) is 0 Å². The fourth-order valence-corrected chi connectivity index (χ4v) is 0.522. The number of hydrogen-bond donors (Lipinski definition) is 0. The molecule has 58 valence electrons. The van der Waals surface area contributed by atoms with Gasteiger partial charge in [0.05, 0.1) is 14.2 Å². The van der Waals surface area contributed by atoms with Gasteiger partial charge >= 0.3 is 0 Å². The normalized spacial score (nSPS) is 10.5. The minimum Gasteiger partial charge on any atom is -0.494 e. The average Bonchev–Trinajstić information content (AvgIpc) is 1.98. The molecule has 0 aliphatic rings. The van der Waals surface area contributed by atoms with Gasteiger partial charge in [-0.1, -0.05) is 12.1 Å². The first-order valence-corrected chi connectivity index (χ1v) is 3.05. The predicted octanol–water partition coefficient (Wildman–Crippen LogP) is 1.36. The van der Waals surface area contributed by atoms with E-state index >= 15 is 0 Å². The molecule has 0 bridgehead atoms. The maximum Gasteiger partial charge on any atom is 0.159 e. The topological polar surface area (TPSA) is 18.5 Å². The molecular weight excluding hydrogens is 139 g/mol. The first-order chi connectivity index (χ1) is 5.11. The fraction of sp³-hybridized carbons (Fsp3) is 0.250. The molecule has 2 radical (unpaired) electrons. The highest BCUT2D eigenvalue weighted by atomic mass is 16.5. The molecule has 0 heterocycles. The van der Waals surface area contributed by atoms with Crippen LogP contribution in [0.2, 0.25) is 0 Å². The van der Waals surface area contributed by atoms with E-state index in [-0.39, 0.29) is 0 Å². The van der Waals surface area contributed by atoms with Crippen molar-refractivity contribution in [3.63, 3.8) is 0 Å². The van der Waals surface area contributed by atoms with E-state index in [4.69, 9.17) is 17.3 Å². The van der Waals surface area contributed by atoms with E-state index in [9.17, 15) is 0 Å². The zero-order chi connectivity index (χ0) is 8.85. The molecule has 0 aliphatic carbocycles. The number of rotatable bonds is 4. The summed E-state index contributed by atoms with van der Waals surface area (Å²) in [5, 5.41) is 0. The summed E-state index contributed by atoms with van der Waals surface area (Å²) >= 11 is 0. The summed E-state index contributed by atoms with van der Waals surface area (Å²) in [7, 11) is 8.34. The van der Waals surface area contributed by atoms with Crippen LogP contribution in [0.3, 0.4) is 0 Å². The molecule has 0 unspecified atom stereocenters. The summed E-state index contributed by atoms with van der Waals surface area (Å²) in [4.78, 5) is 0. The van der Waals surface area contributed by atoms with Crippen LogP contribution in [0.4, 0.5) is 0 Å². The van der Waals surface area contributed by atoms with Gasteiger partial charge in [0.25, 0.3) is 0 Å². The summed E-state index contributed by atoms with van der Waals surface area (Å²) in [6.45, 7) is 7.07. The monoisotopic (exact) mass is 150 g/mol. The Balaban J connectivity index is 4.39. The zero-order valence-electron chi connectivity index (χ0n) is 6.89. The van der Waals surface area contributed by atoms with Crippen LogP contribution < -0.4 is 0 Å². The lowest BCUT2D eigenvalue weighted by Gasteiger charge is -2.07. The number of ether oxygens (including phenoxy) is 2. The van der Waals surface area contributed by atoms with Crippen molar-refractivity contribution in [1.29, 1.82) is 0 Å². The smallest absolute Gasteiger partial charge is 0.159 e. The standard InChI is InChI=1S/C8H11BO2/c1-6(9)5-8(11-4)7(2)10-3/h5H,1-2H2,3-4H3/b8-5+. The molecule has 0 rings (SSSR count). The molecule has 0 saturated heterocycles. The van der Waals surface area contributed by atoms with Gasteiger partial charge in [-0.2, -0.15) is 0 Å². The van der Waals surface area contributed by atoms with Crippen molar-refractivity contribution in [2.45, 2.75) is 0 Å². The molecular formula is C8H11BO2. The van der Waals surface area contributed by atoms with Crippen molar-refractivity contribution >= 4 is 7.85 Å². The van der Waals surface area contributed by atoms with Gasteiger partial charge < -0.3 is 9.47 Å². The van der Waals surface area contributed by atoms with Crippen molar-refractivity contribution in [1.82, 2.24) is 0 Å². The molecule has 0 aromatic carbocycles. The number of hydrogen-bond acceptors (Lipinski definition) is 2. The lowest BCUT2D eigenvalue weighted by Crippen LogP contribution is -1.94. The van der Waals surface area contributed by atoms with Crippen LogP contribution in [0.25, 0.3) is 0 Å². The highest BCUT2D eigenvalue weighted by molar-refractivity contribution is 6.23. The van der Waals surface area contributed by atoms with Gasteiger partial charge in [0, 0.05) is 0 Å². The van der Waals surface area contributed by atoms with Gasteiger partial charge in [-0.25, -0.2) is 0 Å². The first kappa shape index (κ1) is 9.88. The molecule has 11 heavy (non-hydrogen) atoms. The second-order valence-electron chi connectivity index (χ2n) is 1.91. The summed E-state index contributed by atoms with van der Waals surface area (Å²) in [6.07, 6.45) is 1.55. The van der Waals surface area contributed by atoms with Crippen LogP contribution >= 0.6 is 0 Å². The number of methoxy groups -OCH3 is 2. The van der Waals surface area contributed by atoms with Gasteiger partial charge in [-0.3, -0.25) is 0 Å². The largest absolute Gasteiger partial charge is 0.494 e. The van der Waals surface area contributed by atoms with E-state index in [1.54, 1.807) is 6.08 Å².